The van der Waals surface area contributed by atoms with Crippen molar-refractivity contribution in [3.05, 3.63) is 0 Å². The minimum atomic E-state index is 0.114. The first-order valence-electron chi connectivity index (χ1n) is 6.33. The second-order valence-electron chi connectivity index (χ2n) is 4.88. The van der Waals surface area contributed by atoms with Crippen LogP contribution >= 0.6 is 11.8 Å². The summed E-state index contributed by atoms with van der Waals surface area (Å²) < 4.78 is 0. The smallest absolute Gasteiger partial charge is 0.235 e. The Hall–Kier alpha value is -0.710. The Balaban J connectivity index is 1.80. The molecule has 17 heavy (non-hydrogen) atoms. The average Bonchev–Trinajstić information content (AvgIpc) is 2.75. The molecule has 2 rings (SSSR count). The lowest BCUT2D eigenvalue weighted by Crippen LogP contribution is -2.43. The highest BCUT2D eigenvalue weighted by Crippen LogP contribution is 2.26. The van der Waals surface area contributed by atoms with Crippen molar-refractivity contribution in [2.45, 2.75) is 43.4 Å². The van der Waals surface area contributed by atoms with Gasteiger partial charge in [0.05, 0.1) is 5.25 Å². The number of rotatable bonds is 3. The van der Waals surface area contributed by atoms with E-state index in [9.17, 15) is 9.59 Å². The van der Waals surface area contributed by atoms with Crippen molar-refractivity contribution in [3.63, 3.8) is 0 Å². The normalized spacial score (nSPS) is 28.9. The first-order valence-corrected chi connectivity index (χ1v) is 7.37. The largest absolute Gasteiger partial charge is 0.352 e. The van der Waals surface area contributed by atoms with E-state index in [4.69, 9.17) is 0 Å². The molecule has 0 saturated carbocycles. The molecular weight excluding hydrogens is 236 g/mol. The van der Waals surface area contributed by atoms with Gasteiger partial charge in [0.1, 0.15) is 0 Å². The van der Waals surface area contributed by atoms with Gasteiger partial charge in [0.25, 0.3) is 0 Å². The van der Waals surface area contributed by atoms with Gasteiger partial charge in [-0.25, -0.2) is 0 Å². The molecule has 2 amide bonds. The molecule has 2 heterocycles. The van der Waals surface area contributed by atoms with Gasteiger partial charge in [-0.05, 0) is 25.0 Å². The quantitative estimate of drug-likeness (QED) is 0.820. The minimum absolute atomic E-state index is 0.114. The second-order valence-corrected chi connectivity index (χ2v) is 6.19. The van der Waals surface area contributed by atoms with Gasteiger partial charge in [0, 0.05) is 26.1 Å². The molecule has 2 aliphatic heterocycles. The summed E-state index contributed by atoms with van der Waals surface area (Å²) in [5.74, 6) is 1.45. The van der Waals surface area contributed by atoms with Crippen LogP contribution in [-0.2, 0) is 9.59 Å². The summed E-state index contributed by atoms with van der Waals surface area (Å²) >= 11 is 1.78. The van der Waals surface area contributed by atoms with Crippen molar-refractivity contribution >= 4 is 23.6 Å². The van der Waals surface area contributed by atoms with E-state index in [1.807, 2.05) is 7.05 Å². The fraction of sp³-hybridized carbons (Fsp3) is 0.833. The fourth-order valence-electron chi connectivity index (χ4n) is 2.42. The van der Waals surface area contributed by atoms with E-state index < -0.39 is 0 Å². The van der Waals surface area contributed by atoms with Gasteiger partial charge in [-0.3, -0.25) is 9.59 Å². The molecule has 0 bridgehead atoms. The van der Waals surface area contributed by atoms with Crippen molar-refractivity contribution in [3.8, 4) is 0 Å². The van der Waals surface area contributed by atoms with Crippen molar-refractivity contribution in [2.75, 3.05) is 19.3 Å². The Morgan fingerprint density at radius 3 is 2.88 bits per heavy atom. The molecule has 1 unspecified atom stereocenters. The number of nitrogens with zero attached hydrogens (tertiary/aromatic N) is 1. The van der Waals surface area contributed by atoms with E-state index in [2.05, 4.69) is 5.32 Å². The Kier molecular flexibility index (Phi) is 4.31. The van der Waals surface area contributed by atoms with Gasteiger partial charge in [-0.1, -0.05) is 6.42 Å². The van der Waals surface area contributed by atoms with Crippen LogP contribution in [0.2, 0.25) is 0 Å². The minimum Gasteiger partial charge on any atom is -0.352 e. The van der Waals surface area contributed by atoms with Crippen LogP contribution in [0, 0.1) is 0 Å². The lowest BCUT2D eigenvalue weighted by Gasteiger charge is -2.27. The summed E-state index contributed by atoms with van der Waals surface area (Å²) in [7, 11) is 1.85. The molecular formula is C12H20N2O2S. The first kappa shape index (κ1) is 12.7. The Labute approximate surface area is 106 Å². The fourth-order valence-corrected chi connectivity index (χ4v) is 3.73. The number of amides is 2. The van der Waals surface area contributed by atoms with Crippen molar-refractivity contribution < 1.29 is 9.59 Å². The number of hydrogen-bond donors (Lipinski definition) is 1. The summed E-state index contributed by atoms with van der Waals surface area (Å²) in [5, 5.41) is 3.05. The molecule has 2 fully saturated rings. The molecule has 0 spiro atoms. The van der Waals surface area contributed by atoms with Crippen molar-refractivity contribution in [2.24, 2.45) is 0 Å². The maximum absolute atomic E-state index is 12.2. The van der Waals surface area contributed by atoms with Crippen LogP contribution in [0.1, 0.15) is 32.1 Å². The van der Waals surface area contributed by atoms with Crippen molar-refractivity contribution in [1.82, 2.24) is 10.2 Å². The van der Waals surface area contributed by atoms with Crippen LogP contribution in [0.4, 0.5) is 0 Å². The van der Waals surface area contributed by atoms with E-state index >= 15 is 0 Å². The number of hydrogen-bond acceptors (Lipinski definition) is 3. The third-order valence-corrected chi connectivity index (χ3v) is 4.77. The maximum atomic E-state index is 12.2. The Morgan fingerprint density at radius 2 is 2.29 bits per heavy atom. The molecule has 2 saturated heterocycles. The molecule has 2 atom stereocenters. The number of carbonyl (C=O) groups is 2. The SMILES string of the molecule is CN(C[C@@H]1CCC(=O)N1)C(=O)C1CCCCS1. The summed E-state index contributed by atoms with van der Waals surface area (Å²) in [6, 6.07) is 0.157. The van der Waals surface area contributed by atoms with Gasteiger partial charge in [0.2, 0.25) is 11.8 Å². The van der Waals surface area contributed by atoms with Gasteiger partial charge >= 0.3 is 0 Å². The monoisotopic (exact) mass is 256 g/mol. The van der Waals surface area contributed by atoms with Gasteiger partial charge in [-0.2, -0.15) is 0 Å². The highest BCUT2D eigenvalue weighted by molar-refractivity contribution is 8.00. The first-order chi connectivity index (χ1) is 8.16. The third kappa shape index (κ3) is 3.37. The summed E-state index contributed by atoms with van der Waals surface area (Å²) in [6.07, 6.45) is 4.86. The second kappa shape index (κ2) is 5.76. The molecule has 2 aliphatic rings. The average molecular weight is 256 g/mol. The van der Waals surface area contributed by atoms with E-state index in [0.29, 0.717) is 13.0 Å². The highest BCUT2D eigenvalue weighted by atomic mass is 32.2. The third-order valence-electron chi connectivity index (χ3n) is 3.41. The molecule has 0 aromatic heterocycles. The van der Waals surface area contributed by atoms with Crippen LogP contribution < -0.4 is 5.32 Å². The molecule has 5 heteroatoms. The molecule has 4 nitrogen and oxygen atoms in total. The van der Waals surface area contributed by atoms with E-state index in [0.717, 1.165) is 25.0 Å². The van der Waals surface area contributed by atoms with Gasteiger partial charge in [0.15, 0.2) is 0 Å². The number of carbonyl (C=O) groups excluding carboxylic acids is 2. The predicted octanol–water partition coefficient (Wildman–Crippen LogP) is 1.01. The zero-order valence-electron chi connectivity index (χ0n) is 10.3. The summed E-state index contributed by atoms with van der Waals surface area (Å²) in [6.45, 7) is 0.654. The van der Waals surface area contributed by atoms with Crippen LogP contribution in [0.3, 0.4) is 0 Å². The Bertz CT molecular complexity index is 303. The molecule has 0 aromatic rings. The van der Waals surface area contributed by atoms with E-state index in [1.54, 1.807) is 16.7 Å². The summed E-state index contributed by atoms with van der Waals surface area (Å²) in [5.41, 5.74) is 0. The van der Waals surface area contributed by atoms with Crippen LogP contribution in [0.5, 0.6) is 0 Å². The zero-order valence-corrected chi connectivity index (χ0v) is 11.1. The van der Waals surface area contributed by atoms with Crippen LogP contribution in [0.25, 0.3) is 0 Å². The molecule has 96 valence electrons. The molecule has 1 N–H and O–H groups in total. The number of likely N-dealkylation sites (N-methyl/N-ethyl adjacent to an activating group) is 1. The molecule has 0 radical (unpaired) electrons. The highest BCUT2D eigenvalue weighted by Gasteiger charge is 2.28. The number of thioether (sulfide) groups is 1. The standard InChI is InChI=1S/C12H20N2O2S/c1-14(8-9-5-6-11(15)13-9)12(16)10-4-2-3-7-17-10/h9-10H,2-8H2,1H3,(H,13,15)/t9-,10?/m0/s1. The predicted molar refractivity (Wildman–Crippen MR) is 68.9 cm³/mol. The van der Waals surface area contributed by atoms with Crippen LogP contribution in [-0.4, -0.2) is 47.4 Å². The number of nitrogens with one attached hydrogen (secondary N) is 1. The van der Waals surface area contributed by atoms with Gasteiger partial charge < -0.3 is 10.2 Å². The van der Waals surface area contributed by atoms with Crippen LogP contribution in [0.15, 0.2) is 0 Å². The van der Waals surface area contributed by atoms with E-state index in [1.165, 1.54) is 6.42 Å². The topological polar surface area (TPSA) is 49.4 Å². The summed E-state index contributed by atoms with van der Waals surface area (Å²) in [4.78, 5) is 25.0. The molecule has 0 aliphatic carbocycles. The zero-order chi connectivity index (χ0) is 12.3. The maximum Gasteiger partial charge on any atom is 0.235 e. The van der Waals surface area contributed by atoms with Crippen molar-refractivity contribution in [1.29, 1.82) is 0 Å². The van der Waals surface area contributed by atoms with E-state index in [-0.39, 0.29) is 23.1 Å². The lowest BCUT2D eigenvalue weighted by atomic mass is 10.1. The Morgan fingerprint density at radius 1 is 1.47 bits per heavy atom. The van der Waals surface area contributed by atoms with Gasteiger partial charge in [-0.15, -0.1) is 11.8 Å². The molecule has 0 aromatic carbocycles. The lowest BCUT2D eigenvalue weighted by molar-refractivity contribution is -0.130.